The van der Waals surface area contributed by atoms with Gasteiger partial charge in [-0.25, -0.2) is 9.97 Å². The molecule has 0 spiro atoms. The molecule has 4 aromatic rings. The van der Waals surface area contributed by atoms with E-state index in [0.29, 0.717) is 29.4 Å². The van der Waals surface area contributed by atoms with Crippen LogP contribution < -0.4 is 10.6 Å². The number of carbonyl (C=O) groups is 2. The molecule has 2 amide bonds. The number of amides is 2. The molecule has 1 aliphatic heterocycles. The molecular formula is C30H30N6O2. The van der Waals surface area contributed by atoms with E-state index in [2.05, 4.69) is 22.5 Å². The fourth-order valence-electron chi connectivity index (χ4n) is 4.75. The third-order valence-electron chi connectivity index (χ3n) is 6.78. The summed E-state index contributed by atoms with van der Waals surface area (Å²) in [5.41, 5.74) is 3.68. The van der Waals surface area contributed by atoms with Crippen LogP contribution >= 0.6 is 0 Å². The monoisotopic (exact) mass is 506 g/mol. The number of nitrogens with one attached hydrogen (secondary N) is 2. The molecule has 1 saturated heterocycles. The number of hydrogen-bond donors (Lipinski definition) is 2. The summed E-state index contributed by atoms with van der Waals surface area (Å²) in [6, 6.07) is 22.6. The van der Waals surface area contributed by atoms with Crippen molar-refractivity contribution in [2.24, 2.45) is 0 Å². The molecule has 0 unspecified atom stereocenters. The molecule has 0 radical (unpaired) electrons. The van der Waals surface area contributed by atoms with Gasteiger partial charge in [0.2, 0.25) is 5.91 Å². The predicted octanol–water partition coefficient (Wildman–Crippen LogP) is 5.65. The van der Waals surface area contributed by atoms with Crippen LogP contribution in [-0.4, -0.2) is 44.3 Å². The zero-order valence-electron chi connectivity index (χ0n) is 21.5. The van der Waals surface area contributed by atoms with Crippen molar-refractivity contribution >= 4 is 29.0 Å². The lowest BCUT2D eigenvalue weighted by molar-refractivity contribution is -0.132. The minimum absolute atomic E-state index is 0.0313. The summed E-state index contributed by atoms with van der Waals surface area (Å²) in [6.45, 7) is 4.29. The summed E-state index contributed by atoms with van der Waals surface area (Å²) in [5.74, 6) is 1.25. The van der Waals surface area contributed by atoms with E-state index in [9.17, 15) is 9.59 Å². The zero-order valence-corrected chi connectivity index (χ0v) is 21.5. The average Bonchev–Trinajstić information content (AvgIpc) is 2.94. The van der Waals surface area contributed by atoms with Crippen molar-refractivity contribution in [3.05, 3.63) is 96.6 Å². The van der Waals surface area contributed by atoms with Crippen molar-refractivity contribution < 1.29 is 9.59 Å². The summed E-state index contributed by atoms with van der Waals surface area (Å²) in [6.07, 6.45) is 5.31. The third kappa shape index (κ3) is 5.86. The number of carbonyl (C=O) groups excluding carboxylic acids is 2. The van der Waals surface area contributed by atoms with E-state index in [1.54, 1.807) is 31.5 Å². The van der Waals surface area contributed by atoms with Gasteiger partial charge in [0.05, 0.1) is 5.69 Å². The van der Waals surface area contributed by atoms with Crippen LogP contribution in [0.3, 0.4) is 0 Å². The van der Waals surface area contributed by atoms with E-state index in [1.165, 1.54) is 0 Å². The minimum Gasteiger partial charge on any atom is -0.340 e. The number of aromatic nitrogens is 3. The SMILES string of the molecule is CC(=O)N1C[C@H](c2nc(Nc3cccc(NC(=O)c4ccccc4)c3)cc(-c3cccnc3)n2)CC[C@@H]1C. The van der Waals surface area contributed by atoms with Gasteiger partial charge in [0.25, 0.3) is 5.91 Å². The van der Waals surface area contributed by atoms with E-state index in [4.69, 9.17) is 9.97 Å². The van der Waals surface area contributed by atoms with Crippen molar-refractivity contribution in [1.82, 2.24) is 19.9 Å². The number of pyridine rings is 1. The highest BCUT2D eigenvalue weighted by molar-refractivity contribution is 6.04. The van der Waals surface area contributed by atoms with E-state index < -0.39 is 0 Å². The number of benzene rings is 2. The van der Waals surface area contributed by atoms with Crippen molar-refractivity contribution in [3.63, 3.8) is 0 Å². The molecule has 8 heteroatoms. The second-order valence-electron chi connectivity index (χ2n) is 9.56. The molecule has 0 bridgehead atoms. The molecule has 1 aliphatic rings. The molecule has 0 saturated carbocycles. The van der Waals surface area contributed by atoms with Crippen molar-refractivity contribution in [2.45, 2.75) is 38.6 Å². The first kappa shape index (κ1) is 25.1. The Hall–Kier alpha value is -4.59. The Bertz CT molecular complexity index is 1430. The molecule has 2 aromatic heterocycles. The lowest BCUT2D eigenvalue weighted by Crippen LogP contribution is -2.44. The van der Waals surface area contributed by atoms with Gasteiger partial charge in [-0.05, 0) is 62.2 Å². The number of nitrogens with zero attached hydrogens (tertiary/aromatic N) is 4. The maximum atomic E-state index is 12.6. The van der Waals surface area contributed by atoms with Crippen LogP contribution in [0.4, 0.5) is 17.2 Å². The van der Waals surface area contributed by atoms with Gasteiger partial charge in [0.1, 0.15) is 11.6 Å². The Kier molecular flexibility index (Phi) is 7.40. The molecular weight excluding hydrogens is 476 g/mol. The van der Waals surface area contributed by atoms with Crippen LogP contribution in [0, 0.1) is 0 Å². The highest BCUT2D eigenvalue weighted by Crippen LogP contribution is 2.31. The molecule has 1 fully saturated rings. The molecule has 2 atom stereocenters. The lowest BCUT2D eigenvalue weighted by Gasteiger charge is -2.37. The summed E-state index contributed by atoms with van der Waals surface area (Å²) in [5, 5.41) is 6.33. The standard InChI is InChI=1S/C30H30N6O2/c1-20-13-14-24(19-36(20)21(2)37)29-34-27(23-10-7-15-31-18-23)17-28(35-29)32-25-11-6-12-26(16-25)33-30(38)22-8-4-3-5-9-22/h3-12,15-18,20,24H,13-14,19H2,1-2H3,(H,33,38)(H,32,34,35)/t20-,24+/m0/s1. The van der Waals surface area contributed by atoms with E-state index in [-0.39, 0.29) is 23.8 Å². The molecule has 0 aliphatic carbocycles. The van der Waals surface area contributed by atoms with Gasteiger partial charge in [-0.3, -0.25) is 14.6 Å². The molecule has 38 heavy (non-hydrogen) atoms. The topological polar surface area (TPSA) is 100 Å². The first-order valence-electron chi connectivity index (χ1n) is 12.8. The molecule has 8 nitrogen and oxygen atoms in total. The van der Waals surface area contributed by atoms with Crippen LogP contribution in [0.15, 0.2) is 85.2 Å². The summed E-state index contributed by atoms with van der Waals surface area (Å²) in [4.78, 5) is 40.7. The smallest absolute Gasteiger partial charge is 0.255 e. The van der Waals surface area contributed by atoms with Crippen molar-refractivity contribution in [1.29, 1.82) is 0 Å². The van der Waals surface area contributed by atoms with Crippen molar-refractivity contribution in [2.75, 3.05) is 17.2 Å². The van der Waals surface area contributed by atoms with Gasteiger partial charge in [-0.15, -0.1) is 0 Å². The van der Waals surface area contributed by atoms with Crippen LogP contribution in [0.2, 0.25) is 0 Å². The van der Waals surface area contributed by atoms with E-state index >= 15 is 0 Å². The van der Waals surface area contributed by atoms with Gasteiger partial charge in [0, 0.05) is 66.4 Å². The first-order chi connectivity index (χ1) is 18.5. The normalized spacial score (nSPS) is 17.1. The molecule has 192 valence electrons. The van der Waals surface area contributed by atoms with Crippen LogP contribution in [-0.2, 0) is 4.79 Å². The summed E-state index contributed by atoms with van der Waals surface area (Å²) in [7, 11) is 0. The Morgan fingerprint density at radius 3 is 2.50 bits per heavy atom. The second kappa shape index (κ2) is 11.2. The Morgan fingerprint density at radius 1 is 0.921 bits per heavy atom. The second-order valence-corrected chi connectivity index (χ2v) is 9.56. The fourth-order valence-corrected chi connectivity index (χ4v) is 4.75. The van der Waals surface area contributed by atoms with Gasteiger partial charge in [-0.1, -0.05) is 24.3 Å². The number of likely N-dealkylation sites (tertiary alicyclic amines) is 1. The maximum Gasteiger partial charge on any atom is 0.255 e. The largest absolute Gasteiger partial charge is 0.340 e. The van der Waals surface area contributed by atoms with Gasteiger partial charge in [-0.2, -0.15) is 0 Å². The van der Waals surface area contributed by atoms with Crippen LogP contribution in [0.5, 0.6) is 0 Å². The highest BCUT2D eigenvalue weighted by atomic mass is 16.2. The molecule has 5 rings (SSSR count). The van der Waals surface area contributed by atoms with Crippen molar-refractivity contribution in [3.8, 4) is 11.3 Å². The van der Waals surface area contributed by atoms with Crippen LogP contribution in [0.1, 0.15) is 48.8 Å². The predicted molar refractivity (Wildman–Crippen MR) is 148 cm³/mol. The Balaban J connectivity index is 1.43. The lowest BCUT2D eigenvalue weighted by atomic mass is 9.92. The molecule has 3 heterocycles. The number of piperidine rings is 1. The summed E-state index contributed by atoms with van der Waals surface area (Å²) < 4.78 is 0. The zero-order chi connectivity index (χ0) is 26.5. The number of rotatable bonds is 6. The number of hydrogen-bond acceptors (Lipinski definition) is 6. The highest BCUT2D eigenvalue weighted by Gasteiger charge is 2.30. The first-order valence-corrected chi connectivity index (χ1v) is 12.8. The Labute approximate surface area is 222 Å². The molecule has 2 aromatic carbocycles. The minimum atomic E-state index is -0.174. The maximum absolute atomic E-state index is 12.6. The number of anilines is 3. The Morgan fingerprint density at radius 2 is 1.74 bits per heavy atom. The van der Waals surface area contributed by atoms with Crippen LogP contribution in [0.25, 0.3) is 11.3 Å². The van der Waals surface area contributed by atoms with E-state index in [0.717, 1.165) is 29.8 Å². The fraction of sp³-hybridized carbons (Fsp3) is 0.233. The molecule has 2 N–H and O–H groups in total. The quantitative estimate of drug-likeness (QED) is 0.351. The van der Waals surface area contributed by atoms with E-state index in [1.807, 2.05) is 65.6 Å². The van der Waals surface area contributed by atoms with Gasteiger partial charge < -0.3 is 15.5 Å². The average molecular weight is 507 g/mol. The third-order valence-corrected chi connectivity index (χ3v) is 6.78. The van der Waals surface area contributed by atoms with Gasteiger partial charge in [0.15, 0.2) is 0 Å². The summed E-state index contributed by atoms with van der Waals surface area (Å²) >= 11 is 0. The van der Waals surface area contributed by atoms with Gasteiger partial charge >= 0.3 is 0 Å².